The average Bonchev–Trinajstić information content (AvgIpc) is 2.94. The maximum Gasteiger partial charge on any atom is 0.251 e. The van der Waals surface area contributed by atoms with Gasteiger partial charge in [0.1, 0.15) is 6.54 Å². The van der Waals surface area contributed by atoms with Crippen molar-refractivity contribution in [3.63, 3.8) is 0 Å². The molecule has 0 saturated carbocycles. The SMILES string of the molecule is O=C(Cn1cc(S(=O)(=O)N2CCCCCC2)ccc1=O)Nc1ccccc1. The smallest absolute Gasteiger partial charge is 0.251 e. The first-order valence-corrected chi connectivity index (χ1v) is 10.5. The topological polar surface area (TPSA) is 88.5 Å². The molecule has 1 saturated heterocycles. The van der Waals surface area contributed by atoms with Gasteiger partial charge in [0.05, 0.1) is 4.90 Å². The first kappa shape index (κ1) is 19.3. The minimum atomic E-state index is -3.68. The maximum atomic E-state index is 12.9. The van der Waals surface area contributed by atoms with Crippen molar-refractivity contribution >= 4 is 21.6 Å². The predicted octanol–water partition coefficient (Wildman–Crippen LogP) is 2.05. The summed E-state index contributed by atoms with van der Waals surface area (Å²) in [6, 6.07) is 11.4. The van der Waals surface area contributed by atoms with Crippen molar-refractivity contribution in [1.82, 2.24) is 8.87 Å². The zero-order valence-corrected chi connectivity index (χ0v) is 15.8. The lowest BCUT2D eigenvalue weighted by atomic mass is 10.2. The minimum absolute atomic E-state index is 0.0384. The molecule has 0 bridgehead atoms. The Morgan fingerprint density at radius 1 is 0.963 bits per heavy atom. The number of hydrogen-bond acceptors (Lipinski definition) is 4. The largest absolute Gasteiger partial charge is 0.325 e. The van der Waals surface area contributed by atoms with Crippen LogP contribution in [0.5, 0.6) is 0 Å². The average molecular weight is 389 g/mol. The van der Waals surface area contributed by atoms with E-state index < -0.39 is 21.5 Å². The Labute approximate surface area is 158 Å². The Bertz CT molecular complexity index is 946. The second-order valence-corrected chi connectivity index (χ2v) is 8.50. The van der Waals surface area contributed by atoms with Gasteiger partial charge in [0.15, 0.2) is 0 Å². The van der Waals surface area contributed by atoms with Crippen LogP contribution in [0.1, 0.15) is 25.7 Å². The van der Waals surface area contributed by atoms with Crippen LogP contribution in [0.4, 0.5) is 5.69 Å². The molecule has 0 radical (unpaired) electrons. The van der Waals surface area contributed by atoms with E-state index in [-0.39, 0.29) is 11.4 Å². The molecule has 1 aromatic heterocycles. The quantitative estimate of drug-likeness (QED) is 0.848. The van der Waals surface area contributed by atoms with Crippen LogP contribution in [0.3, 0.4) is 0 Å². The molecule has 2 aromatic rings. The molecule has 1 N–H and O–H groups in total. The summed E-state index contributed by atoms with van der Waals surface area (Å²) in [7, 11) is -3.68. The summed E-state index contributed by atoms with van der Waals surface area (Å²) >= 11 is 0. The molecular formula is C19H23N3O4S. The van der Waals surface area contributed by atoms with Crippen molar-refractivity contribution in [3.05, 3.63) is 59.0 Å². The molecule has 0 aliphatic carbocycles. The molecule has 1 aliphatic heterocycles. The molecule has 2 heterocycles. The second-order valence-electron chi connectivity index (χ2n) is 6.56. The zero-order chi connectivity index (χ0) is 19.3. The molecule has 1 aromatic carbocycles. The van der Waals surface area contributed by atoms with Crippen molar-refractivity contribution in [2.24, 2.45) is 0 Å². The van der Waals surface area contributed by atoms with Gasteiger partial charge in [-0.1, -0.05) is 31.0 Å². The van der Waals surface area contributed by atoms with E-state index in [1.54, 1.807) is 24.3 Å². The van der Waals surface area contributed by atoms with Crippen molar-refractivity contribution in [3.8, 4) is 0 Å². The van der Waals surface area contributed by atoms with Crippen molar-refractivity contribution < 1.29 is 13.2 Å². The van der Waals surface area contributed by atoms with E-state index in [0.717, 1.165) is 30.3 Å². The highest BCUT2D eigenvalue weighted by Crippen LogP contribution is 2.19. The molecule has 144 valence electrons. The normalized spacial score (nSPS) is 15.9. The number of sulfonamides is 1. The standard InChI is InChI=1S/C19H23N3O4S/c23-18(20-16-8-4-3-5-9-16)15-21-14-17(10-11-19(21)24)27(25,26)22-12-6-1-2-7-13-22/h3-5,8-11,14H,1-2,6-7,12-13,15H2,(H,20,23). The van der Waals surface area contributed by atoms with Gasteiger partial charge in [-0.15, -0.1) is 0 Å². The molecule has 0 spiro atoms. The fourth-order valence-electron chi connectivity index (χ4n) is 3.09. The van der Waals surface area contributed by atoms with E-state index in [2.05, 4.69) is 5.32 Å². The third-order valence-electron chi connectivity index (χ3n) is 4.53. The first-order valence-electron chi connectivity index (χ1n) is 9.02. The van der Waals surface area contributed by atoms with Crippen LogP contribution in [0.25, 0.3) is 0 Å². The monoisotopic (exact) mass is 389 g/mol. The number of rotatable bonds is 5. The Kier molecular flexibility index (Phi) is 6.08. The summed E-state index contributed by atoms with van der Waals surface area (Å²) in [5, 5.41) is 2.69. The van der Waals surface area contributed by atoms with Gasteiger partial charge < -0.3 is 9.88 Å². The summed E-state index contributed by atoms with van der Waals surface area (Å²) in [6.45, 7) is 0.711. The fraction of sp³-hybridized carbons (Fsp3) is 0.368. The van der Waals surface area contributed by atoms with Crippen LogP contribution in [0, 0.1) is 0 Å². The molecule has 0 atom stereocenters. The lowest BCUT2D eigenvalue weighted by Gasteiger charge is -2.20. The van der Waals surface area contributed by atoms with E-state index in [9.17, 15) is 18.0 Å². The van der Waals surface area contributed by atoms with Crippen LogP contribution < -0.4 is 10.9 Å². The summed E-state index contributed by atoms with van der Waals surface area (Å²) in [5.74, 6) is -0.396. The number of benzene rings is 1. The van der Waals surface area contributed by atoms with Crippen LogP contribution >= 0.6 is 0 Å². The Morgan fingerprint density at radius 3 is 2.30 bits per heavy atom. The zero-order valence-electron chi connectivity index (χ0n) is 15.0. The molecule has 1 amide bonds. The predicted molar refractivity (Wildman–Crippen MR) is 103 cm³/mol. The highest BCUT2D eigenvalue weighted by Gasteiger charge is 2.25. The number of carbonyl (C=O) groups is 1. The number of aromatic nitrogens is 1. The molecule has 8 heteroatoms. The van der Waals surface area contributed by atoms with Gasteiger partial charge in [-0.3, -0.25) is 9.59 Å². The lowest BCUT2D eigenvalue weighted by molar-refractivity contribution is -0.116. The Balaban J connectivity index is 1.79. The molecule has 3 rings (SSSR count). The summed E-state index contributed by atoms with van der Waals surface area (Å²) in [4.78, 5) is 24.3. The van der Waals surface area contributed by atoms with Crippen LogP contribution in [0.2, 0.25) is 0 Å². The van der Waals surface area contributed by atoms with Gasteiger partial charge >= 0.3 is 0 Å². The summed E-state index contributed by atoms with van der Waals surface area (Å²) in [6.07, 6.45) is 4.96. The number of nitrogens with one attached hydrogen (secondary N) is 1. The first-order chi connectivity index (χ1) is 13.0. The highest BCUT2D eigenvalue weighted by molar-refractivity contribution is 7.89. The fourth-order valence-corrected chi connectivity index (χ4v) is 4.63. The number of para-hydroxylation sites is 1. The number of anilines is 1. The molecule has 1 aliphatic rings. The van der Waals surface area contributed by atoms with Crippen LogP contribution in [-0.2, 0) is 21.4 Å². The maximum absolute atomic E-state index is 12.9. The summed E-state index contributed by atoms with van der Waals surface area (Å²) in [5.41, 5.74) is 0.192. The number of pyridine rings is 1. The van der Waals surface area contributed by atoms with Gasteiger partial charge in [-0.2, -0.15) is 4.31 Å². The van der Waals surface area contributed by atoms with Gasteiger partial charge in [0.25, 0.3) is 5.56 Å². The second kappa shape index (κ2) is 8.49. The molecule has 27 heavy (non-hydrogen) atoms. The van der Waals surface area contributed by atoms with E-state index in [1.807, 2.05) is 6.07 Å². The molecule has 1 fully saturated rings. The van der Waals surface area contributed by atoms with Gasteiger partial charge in [-0.05, 0) is 31.0 Å². The highest BCUT2D eigenvalue weighted by atomic mass is 32.2. The Hall–Kier alpha value is -2.45. The number of hydrogen-bond donors (Lipinski definition) is 1. The van der Waals surface area contributed by atoms with Crippen molar-refractivity contribution in [2.75, 3.05) is 18.4 Å². The lowest BCUT2D eigenvalue weighted by Crippen LogP contribution is -2.33. The van der Waals surface area contributed by atoms with E-state index >= 15 is 0 Å². The van der Waals surface area contributed by atoms with E-state index in [1.165, 1.54) is 22.6 Å². The third-order valence-corrected chi connectivity index (χ3v) is 6.41. The third kappa shape index (κ3) is 4.84. The molecule has 0 unspecified atom stereocenters. The van der Waals surface area contributed by atoms with Crippen molar-refractivity contribution in [2.45, 2.75) is 37.1 Å². The summed E-state index contributed by atoms with van der Waals surface area (Å²) < 4.78 is 28.4. The number of nitrogens with zero attached hydrogens (tertiary/aromatic N) is 2. The minimum Gasteiger partial charge on any atom is -0.325 e. The number of carbonyl (C=O) groups excluding carboxylic acids is 1. The van der Waals surface area contributed by atoms with Gasteiger partial charge in [0, 0.05) is 31.0 Å². The van der Waals surface area contributed by atoms with Crippen LogP contribution in [-0.4, -0.2) is 36.3 Å². The van der Waals surface area contributed by atoms with E-state index in [4.69, 9.17) is 0 Å². The molecule has 7 nitrogen and oxygen atoms in total. The van der Waals surface area contributed by atoms with Crippen LogP contribution in [0.15, 0.2) is 58.4 Å². The van der Waals surface area contributed by atoms with Crippen molar-refractivity contribution in [1.29, 1.82) is 0 Å². The Morgan fingerprint density at radius 2 is 1.63 bits per heavy atom. The molecular weight excluding hydrogens is 366 g/mol. The van der Waals surface area contributed by atoms with Gasteiger partial charge in [-0.25, -0.2) is 8.42 Å². The van der Waals surface area contributed by atoms with Gasteiger partial charge in [0.2, 0.25) is 15.9 Å². The number of amides is 1. The van der Waals surface area contributed by atoms with E-state index in [0.29, 0.717) is 18.8 Å².